The molecule has 0 aliphatic rings. The van der Waals surface area contributed by atoms with E-state index in [0.29, 0.717) is 23.4 Å². The molecular formula is C20H19N3O2. The molecule has 0 aliphatic heterocycles. The quantitative estimate of drug-likeness (QED) is 0.477. The number of aromatic nitrogens is 1. The number of amides is 1. The van der Waals surface area contributed by atoms with Gasteiger partial charge in [-0.2, -0.15) is 5.10 Å². The molecule has 0 unspecified atom stereocenters. The molecule has 0 spiro atoms. The number of aryl methyl sites for hydroxylation is 1. The van der Waals surface area contributed by atoms with Crippen molar-refractivity contribution in [3.8, 4) is 5.75 Å². The predicted molar refractivity (Wildman–Crippen MR) is 97.7 cm³/mol. The summed E-state index contributed by atoms with van der Waals surface area (Å²) in [4.78, 5) is 14.9. The third kappa shape index (κ3) is 4.35. The Morgan fingerprint density at radius 1 is 1.00 bits per heavy atom. The summed E-state index contributed by atoms with van der Waals surface area (Å²) in [5.41, 5.74) is 5.40. The SMILES string of the molecule is O=C(N/N=C(\CCc1ccccc1)c1ccccc1O)c1ccc[nH]1. The lowest BCUT2D eigenvalue weighted by molar-refractivity contribution is 0.0950. The smallest absolute Gasteiger partial charge is 0.287 e. The summed E-state index contributed by atoms with van der Waals surface area (Å²) in [5.74, 6) is -0.180. The van der Waals surface area contributed by atoms with Gasteiger partial charge in [0, 0.05) is 11.8 Å². The minimum absolute atomic E-state index is 0.142. The van der Waals surface area contributed by atoms with Gasteiger partial charge in [-0.05, 0) is 42.7 Å². The molecule has 126 valence electrons. The number of hydrazone groups is 1. The maximum Gasteiger partial charge on any atom is 0.287 e. The van der Waals surface area contributed by atoms with Gasteiger partial charge in [-0.1, -0.05) is 42.5 Å². The zero-order valence-corrected chi connectivity index (χ0v) is 13.6. The largest absolute Gasteiger partial charge is 0.507 e. The number of carbonyl (C=O) groups is 1. The van der Waals surface area contributed by atoms with Crippen LogP contribution in [-0.4, -0.2) is 21.7 Å². The highest BCUT2D eigenvalue weighted by molar-refractivity contribution is 6.04. The van der Waals surface area contributed by atoms with Crippen LogP contribution >= 0.6 is 0 Å². The Kier molecular flexibility index (Phi) is 5.26. The van der Waals surface area contributed by atoms with E-state index < -0.39 is 0 Å². The Morgan fingerprint density at radius 3 is 2.48 bits per heavy atom. The van der Waals surface area contributed by atoms with E-state index in [4.69, 9.17) is 0 Å². The lowest BCUT2D eigenvalue weighted by Crippen LogP contribution is -2.20. The number of hydrogen-bond donors (Lipinski definition) is 3. The number of hydrogen-bond acceptors (Lipinski definition) is 3. The van der Waals surface area contributed by atoms with Crippen LogP contribution in [0.2, 0.25) is 0 Å². The van der Waals surface area contributed by atoms with Crippen molar-refractivity contribution in [3.05, 3.63) is 89.7 Å². The van der Waals surface area contributed by atoms with E-state index in [1.165, 1.54) is 5.56 Å². The number of carbonyl (C=O) groups excluding carboxylic acids is 1. The summed E-state index contributed by atoms with van der Waals surface area (Å²) in [7, 11) is 0. The molecule has 2 aromatic carbocycles. The van der Waals surface area contributed by atoms with E-state index in [1.54, 1.807) is 36.5 Å². The Hall–Kier alpha value is -3.34. The summed E-state index contributed by atoms with van der Waals surface area (Å²) in [5, 5.41) is 14.4. The zero-order chi connectivity index (χ0) is 17.5. The van der Waals surface area contributed by atoms with Gasteiger partial charge in [-0.25, -0.2) is 5.43 Å². The van der Waals surface area contributed by atoms with Gasteiger partial charge in [0.25, 0.3) is 5.91 Å². The lowest BCUT2D eigenvalue weighted by atomic mass is 10.0. The van der Waals surface area contributed by atoms with Gasteiger partial charge >= 0.3 is 0 Å². The van der Waals surface area contributed by atoms with Crippen molar-refractivity contribution in [1.29, 1.82) is 0 Å². The van der Waals surface area contributed by atoms with Crippen LogP contribution in [-0.2, 0) is 6.42 Å². The number of H-pyrrole nitrogens is 1. The van der Waals surface area contributed by atoms with Crippen LogP contribution in [0.15, 0.2) is 78.0 Å². The molecule has 0 aliphatic carbocycles. The van der Waals surface area contributed by atoms with Gasteiger partial charge in [0.1, 0.15) is 11.4 Å². The first-order chi connectivity index (χ1) is 12.2. The van der Waals surface area contributed by atoms with Gasteiger partial charge in [0.05, 0.1) is 5.71 Å². The van der Waals surface area contributed by atoms with Crippen LogP contribution in [0.1, 0.15) is 28.0 Å². The molecule has 5 nitrogen and oxygen atoms in total. The van der Waals surface area contributed by atoms with Crippen LogP contribution in [0, 0.1) is 0 Å². The van der Waals surface area contributed by atoms with Gasteiger partial charge < -0.3 is 10.1 Å². The van der Waals surface area contributed by atoms with Crippen LogP contribution < -0.4 is 5.43 Å². The van der Waals surface area contributed by atoms with Gasteiger partial charge in [0.2, 0.25) is 0 Å². The molecule has 25 heavy (non-hydrogen) atoms. The van der Waals surface area contributed by atoms with E-state index in [1.807, 2.05) is 36.4 Å². The van der Waals surface area contributed by atoms with Crippen molar-refractivity contribution >= 4 is 11.6 Å². The monoisotopic (exact) mass is 333 g/mol. The number of nitrogens with one attached hydrogen (secondary N) is 2. The Bertz CT molecular complexity index is 856. The molecule has 1 aromatic heterocycles. The highest BCUT2D eigenvalue weighted by atomic mass is 16.3. The molecule has 1 amide bonds. The van der Waals surface area contributed by atoms with Gasteiger partial charge in [-0.3, -0.25) is 4.79 Å². The van der Waals surface area contributed by atoms with E-state index in [2.05, 4.69) is 15.5 Å². The lowest BCUT2D eigenvalue weighted by Gasteiger charge is -2.09. The molecule has 5 heteroatoms. The van der Waals surface area contributed by atoms with Crippen LogP contribution in [0.5, 0.6) is 5.75 Å². The fourth-order valence-corrected chi connectivity index (χ4v) is 2.53. The molecule has 0 saturated carbocycles. The van der Waals surface area contributed by atoms with E-state index in [0.717, 1.165) is 6.42 Å². The predicted octanol–water partition coefficient (Wildman–Crippen LogP) is 3.49. The molecule has 0 radical (unpaired) electrons. The van der Waals surface area contributed by atoms with E-state index >= 15 is 0 Å². The molecule has 3 rings (SSSR count). The molecule has 1 heterocycles. The fourth-order valence-electron chi connectivity index (χ4n) is 2.53. The number of rotatable bonds is 6. The maximum atomic E-state index is 12.1. The number of aromatic hydroxyl groups is 1. The molecule has 0 atom stereocenters. The van der Waals surface area contributed by atoms with Gasteiger partial charge in [-0.15, -0.1) is 0 Å². The fraction of sp³-hybridized carbons (Fsp3) is 0.100. The second kappa shape index (κ2) is 7.97. The molecular weight excluding hydrogens is 314 g/mol. The maximum absolute atomic E-state index is 12.1. The third-order valence-corrected chi connectivity index (χ3v) is 3.84. The number of phenolic OH excluding ortho intramolecular Hbond substituents is 1. The first kappa shape index (κ1) is 16.5. The van der Waals surface area contributed by atoms with Crippen molar-refractivity contribution in [1.82, 2.24) is 10.4 Å². The summed E-state index contributed by atoms with van der Waals surface area (Å²) < 4.78 is 0. The van der Waals surface area contributed by atoms with Crippen molar-refractivity contribution in [2.24, 2.45) is 5.10 Å². The topological polar surface area (TPSA) is 77.5 Å². The van der Waals surface area contributed by atoms with Crippen molar-refractivity contribution in [2.45, 2.75) is 12.8 Å². The van der Waals surface area contributed by atoms with Crippen molar-refractivity contribution < 1.29 is 9.90 Å². The summed E-state index contributed by atoms with van der Waals surface area (Å²) >= 11 is 0. The number of nitrogens with zero attached hydrogens (tertiary/aromatic N) is 1. The van der Waals surface area contributed by atoms with E-state index in [9.17, 15) is 9.90 Å². The average molecular weight is 333 g/mol. The van der Waals surface area contributed by atoms with Gasteiger partial charge in [0.15, 0.2) is 0 Å². The number of aromatic amines is 1. The summed E-state index contributed by atoms with van der Waals surface area (Å²) in [6.45, 7) is 0. The number of para-hydroxylation sites is 1. The Balaban J connectivity index is 1.80. The van der Waals surface area contributed by atoms with Crippen LogP contribution in [0.25, 0.3) is 0 Å². The van der Waals surface area contributed by atoms with Crippen LogP contribution in [0.4, 0.5) is 0 Å². The minimum Gasteiger partial charge on any atom is -0.507 e. The Morgan fingerprint density at radius 2 is 1.76 bits per heavy atom. The van der Waals surface area contributed by atoms with Crippen LogP contribution in [0.3, 0.4) is 0 Å². The molecule has 0 saturated heterocycles. The van der Waals surface area contributed by atoms with Crippen molar-refractivity contribution in [2.75, 3.05) is 0 Å². The molecule has 3 N–H and O–H groups in total. The number of benzene rings is 2. The first-order valence-corrected chi connectivity index (χ1v) is 8.06. The summed E-state index contributed by atoms with van der Waals surface area (Å²) in [6.07, 6.45) is 3.02. The second-order valence-electron chi connectivity index (χ2n) is 5.59. The molecule has 0 bridgehead atoms. The molecule has 3 aromatic rings. The zero-order valence-electron chi connectivity index (χ0n) is 13.6. The highest BCUT2D eigenvalue weighted by Gasteiger charge is 2.11. The first-order valence-electron chi connectivity index (χ1n) is 8.06. The minimum atomic E-state index is -0.322. The normalized spacial score (nSPS) is 11.3. The molecule has 0 fully saturated rings. The van der Waals surface area contributed by atoms with E-state index in [-0.39, 0.29) is 11.7 Å². The average Bonchev–Trinajstić information content (AvgIpc) is 3.18. The number of phenols is 1. The summed E-state index contributed by atoms with van der Waals surface area (Å²) in [6, 6.07) is 20.4. The Labute approximate surface area is 146 Å². The second-order valence-corrected chi connectivity index (χ2v) is 5.59. The highest BCUT2D eigenvalue weighted by Crippen LogP contribution is 2.19. The van der Waals surface area contributed by atoms with Crippen molar-refractivity contribution in [3.63, 3.8) is 0 Å². The standard InChI is InChI=1S/C20H19N3O2/c24-19-11-5-4-9-16(19)17(13-12-15-7-2-1-3-8-15)22-23-20(25)18-10-6-14-21-18/h1-11,14,21,24H,12-13H2,(H,23,25)/b22-17+. The third-order valence-electron chi connectivity index (χ3n) is 3.84.